The number of phenolic OH excluding ortho intramolecular Hbond substituents is 1. The quantitative estimate of drug-likeness (QED) is 0.433. The van der Waals surface area contributed by atoms with Gasteiger partial charge in [0.05, 0.1) is 15.8 Å². The van der Waals surface area contributed by atoms with Crippen molar-refractivity contribution < 1.29 is 14.6 Å². The van der Waals surface area contributed by atoms with Crippen LogP contribution >= 0.6 is 11.3 Å². The molecular formula is C25H25N3O3S. The first kappa shape index (κ1) is 21.8. The third kappa shape index (κ3) is 4.90. The molecule has 1 heterocycles. The lowest BCUT2D eigenvalue weighted by Gasteiger charge is -2.19. The Morgan fingerprint density at radius 3 is 2.50 bits per heavy atom. The second-order valence-corrected chi connectivity index (χ2v) is 8.87. The van der Waals surface area contributed by atoms with Crippen LogP contribution in [0.5, 0.6) is 11.5 Å². The number of rotatable bonds is 6. The number of carbonyl (C=O) groups is 1. The van der Waals surface area contributed by atoms with Gasteiger partial charge >= 0.3 is 6.09 Å². The van der Waals surface area contributed by atoms with Crippen LogP contribution in [0.4, 0.5) is 4.79 Å². The molecule has 0 fully saturated rings. The van der Waals surface area contributed by atoms with Crippen LogP contribution in [0.25, 0.3) is 31.9 Å². The van der Waals surface area contributed by atoms with Gasteiger partial charge in [0, 0.05) is 26.2 Å². The van der Waals surface area contributed by atoms with Gasteiger partial charge in [-0.2, -0.15) is 0 Å². The van der Waals surface area contributed by atoms with Crippen LogP contribution < -0.4 is 4.74 Å². The number of phenols is 1. The van der Waals surface area contributed by atoms with E-state index < -0.39 is 6.09 Å². The predicted molar refractivity (Wildman–Crippen MR) is 129 cm³/mol. The van der Waals surface area contributed by atoms with Crippen LogP contribution in [-0.2, 0) is 0 Å². The van der Waals surface area contributed by atoms with Gasteiger partial charge in [-0.3, -0.25) is 0 Å². The van der Waals surface area contributed by atoms with Crippen molar-refractivity contribution in [2.24, 2.45) is 0 Å². The normalized spacial score (nSPS) is 11.1. The van der Waals surface area contributed by atoms with Crippen molar-refractivity contribution in [3.8, 4) is 33.2 Å². The van der Waals surface area contributed by atoms with Crippen molar-refractivity contribution in [3.63, 3.8) is 0 Å². The monoisotopic (exact) mass is 447 g/mol. The molecule has 3 aromatic carbocycles. The van der Waals surface area contributed by atoms with Gasteiger partial charge in [0.1, 0.15) is 16.5 Å². The van der Waals surface area contributed by atoms with Crippen LogP contribution in [0.2, 0.25) is 0 Å². The minimum Gasteiger partial charge on any atom is -0.507 e. The Hall–Kier alpha value is -3.42. The fourth-order valence-corrected chi connectivity index (χ4v) is 4.24. The van der Waals surface area contributed by atoms with Crippen molar-refractivity contribution >= 4 is 27.6 Å². The summed E-state index contributed by atoms with van der Waals surface area (Å²) in [7, 11) is 5.64. The number of hydrogen-bond donors (Lipinski definition) is 1. The predicted octanol–water partition coefficient (Wildman–Crippen LogP) is 5.33. The fraction of sp³-hybridized carbons (Fsp3) is 0.200. The Kier molecular flexibility index (Phi) is 6.39. The van der Waals surface area contributed by atoms with Crippen LogP contribution in [0.1, 0.15) is 0 Å². The van der Waals surface area contributed by atoms with Crippen molar-refractivity contribution in [3.05, 3.63) is 66.7 Å². The fourth-order valence-electron chi connectivity index (χ4n) is 3.22. The van der Waals surface area contributed by atoms with Crippen LogP contribution in [0.15, 0.2) is 66.7 Å². The molecule has 0 saturated carbocycles. The van der Waals surface area contributed by atoms with Crippen molar-refractivity contribution in [1.82, 2.24) is 14.8 Å². The van der Waals surface area contributed by atoms with Gasteiger partial charge in [0.2, 0.25) is 0 Å². The summed E-state index contributed by atoms with van der Waals surface area (Å²) in [6, 6.07) is 20.9. The van der Waals surface area contributed by atoms with Gasteiger partial charge in [-0.15, -0.1) is 11.3 Å². The maximum Gasteiger partial charge on any atom is 0.415 e. The summed E-state index contributed by atoms with van der Waals surface area (Å²) >= 11 is 1.45. The minimum atomic E-state index is -0.399. The number of fused-ring (bicyclic) bond motifs is 1. The molecule has 0 aliphatic carbocycles. The number of ether oxygens (including phenoxy) is 1. The summed E-state index contributed by atoms with van der Waals surface area (Å²) in [5.41, 5.74) is 3.54. The summed E-state index contributed by atoms with van der Waals surface area (Å²) in [5, 5.41) is 11.2. The SMILES string of the molecule is CN(C)CCN(C)C(=O)Oc1ccc2nc(-c3cc(-c4ccccc4)ccc3O)sc2c1. The molecule has 4 aromatic rings. The summed E-state index contributed by atoms with van der Waals surface area (Å²) in [5.74, 6) is 0.648. The van der Waals surface area contributed by atoms with Gasteiger partial charge in [-0.1, -0.05) is 36.4 Å². The van der Waals surface area contributed by atoms with E-state index in [0.717, 1.165) is 27.9 Å². The number of amides is 1. The molecule has 0 radical (unpaired) electrons. The lowest BCUT2D eigenvalue weighted by atomic mass is 10.0. The summed E-state index contributed by atoms with van der Waals surface area (Å²) in [6.07, 6.45) is -0.399. The van der Waals surface area contributed by atoms with Crippen LogP contribution in [0.3, 0.4) is 0 Å². The first-order valence-electron chi connectivity index (χ1n) is 10.3. The Balaban J connectivity index is 1.58. The number of thiazole rings is 1. The molecule has 32 heavy (non-hydrogen) atoms. The number of carbonyl (C=O) groups excluding carboxylic acids is 1. The zero-order valence-corrected chi connectivity index (χ0v) is 19.1. The highest BCUT2D eigenvalue weighted by atomic mass is 32.1. The average molecular weight is 448 g/mol. The molecular weight excluding hydrogens is 422 g/mol. The first-order valence-corrected chi connectivity index (χ1v) is 11.1. The molecule has 1 amide bonds. The van der Waals surface area contributed by atoms with E-state index in [9.17, 15) is 9.90 Å². The molecule has 4 rings (SSSR count). The summed E-state index contributed by atoms with van der Waals surface area (Å²) in [4.78, 5) is 20.6. The van der Waals surface area contributed by atoms with Gasteiger partial charge in [-0.25, -0.2) is 9.78 Å². The van der Waals surface area contributed by atoms with E-state index in [1.807, 2.05) is 73.6 Å². The molecule has 0 bridgehead atoms. The third-order valence-electron chi connectivity index (χ3n) is 5.09. The number of nitrogens with zero attached hydrogens (tertiary/aromatic N) is 3. The van der Waals surface area contributed by atoms with Crippen molar-refractivity contribution in [2.75, 3.05) is 34.2 Å². The van der Waals surface area contributed by atoms with E-state index in [-0.39, 0.29) is 5.75 Å². The van der Waals surface area contributed by atoms with Gasteiger partial charge in [0.15, 0.2) is 0 Å². The van der Waals surface area contributed by atoms with Crippen LogP contribution in [-0.4, -0.2) is 60.2 Å². The second-order valence-electron chi connectivity index (χ2n) is 7.84. The highest BCUT2D eigenvalue weighted by Crippen LogP contribution is 2.38. The highest BCUT2D eigenvalue weighted by molar-refractivity contribution is 7.21. The Morgan fingerprint density at radius 1 is 0.969 bits per heavy atom. The number of benzene rings is 3. The van der Waals surface area contributed by atoms with E-state index in [0.29, 0.717) is 22.9 Å². The number of aromatic nitrogens is 1. The molecule has 164 valence electrons. The van der Waals surface area contributed by atoms with Crippen LogP contribution in [0, 0.1) is 0 Å². The third-order valence-corrected chi connectivity index (χ3v) is 6.14. The molecule has 1 aromatic heterocycles. The molecule has 0 saturated heterocycles. The minimum absolute atomic E-state index is 0.179. The Bertz CT molecular complexity index is 1240. The lowest BCUT2D eigenvalue weighted by Crippen LogP contribution is -2.35. The average Bonchev–Trinajstić information content (AvgIpc) is 3.21. The maximum atomic E-state index is 12.3. The van der Waals surface area contributed by atoms with E-state index in [1.54, 1.807) is 24.1 Å². The van der Waals surface area contributed by atoms with Gasteiger partial charge in [-0.05, 0) is 49.5 Å². The van der Waals surface area contributed by atoms with Crippen molar-refractivity contribution in [1.29, 1.82) is 0 Å². The standard InChI is InChI=1S/C25H25N3O3S/c1-27(2)13-14-28(3)25(30)31-19-10-11-21-23(16-19)32-24(26-21)20-15-18(9-12-22(20)29)17-7-5-4-6-8-17/h4-12,15-16,29H,13-14H2,1-3H3. The van der Waals surface area contributed by atoms with E-state index in [2.05, 4.69) is 4.98 Å². The Morgan fingerprint density at radius 2 is 1.75 bits per heavy atom. The second kappa shape index (κ2) is 9.38. The molecule has 1 N–H and O–H groups in total. The van der Waals surface area contributed by atoms with E-state index in [4.69, 9.17) is 4.74 Å². The zero-order valence-electron chi connectivity index (χ0n) is 18.3. The number of likely N-dealkylation sites (N-methyl/N-ethyl adjacent to an activating group) is 2. The lowest BCUT2D eigenvalue weighted by molar-refractivity contribution is 0.159. The van der Waals surface area contributed by atoms with Gasteiger partial charge < -0.3 is 19.6 Å². The Labute approximate surface area is 191 Å². The van der Waals surface area contributed by atoms with Gasteiger partial charge in [0.25, 0.3) is 0 Å². The van der Waals surface area contributed by atoms with E-state index >= 15 is 0 Å². The largest absolute Gasteiger partial charge is 0.507 e. The number of hydrogen-bond acceptors (Lipinski definition) is 6. The molecule has 0 unspecified atom stereocenters. The molecule has 0 aliphatic heterocycles. The molecule has 0 aliphatic rings. The summed E-state index contributed by atoms with van der Waals surface area (Å²) in [6.45, 7) is 1.34. The smallest absolute Gasteiger partial charge is 0.415 e. The first-order chi connectivity index (χ1) is 15.4. The number of aromatic hydroxyl groups is 1. The van der Waals surface area contributed by atoms with E-state index in [1.165, 1.54) is 11.3 Å². The summed E-state index contributed by atoms with van der Waals surface area (Å²) < 4.78 is 6.41. The molecule has 7 heteroatoms. The topological polar surface area (TPSA) is 65.9 Å². The zero-order chi connectivity index (χ0) is 22.7. The molecule has 0 spiro atoms. The molecule has 6 nitrogen and oxygen atoms in total. The van der Waals surface area contributed by atoms with Crippen molar-refractivity contribution in [2.45, 2.75) is 0 Å². The maximum absolute atomic E-state index is 12.3. The molecule has 0 atom stereocenters. The highest BCUT2D eigenvalue weighted by Gasteiger charge is 2.15.